The Bertz CT molecular complexity index is 266. The van der Waals surface area contributed by atoms with Crippen molar-refractivity contribution in [3.05, 3.63) is 0 Å². The zero-order valence-electron chi connectivity index (χ0n) is 11.2. The van der Waals surface area contributed by atoms with Gasteiger partial charge < -0.3 is 10.5 Å². The average molecular weight is 257 g/mol. The number of aldehydes is 1. The lowest BCUT2D eigenvalue weighted by molar-refractivity contribution is -0.121. The van der Waals surface area contributed by atoms with Gasteiger partial charge in [-0.15, -0.1) is 0 Å². The van der Waals surface area contributed by atoms with Crippen LogP contribution in [0.4, 0.5) is 0 Å². The molecule has 0 unspecified atom stereocenters. The molecule has 0 atom stereocenters. The van der Waals surface area contributed by atoms with Gasteiger partial charge in [-0.05, 0) is 19.9 Å². The largest absolute Gasteiger partial charge is 0.369 e. The van der Waals surface area contributed by atoms with Gasteiger partial charge in [0.25, 0.3) is 0 Å². The van der Waals surface area contributed by atoms with Crippen molar-refractivity contribution < 1.29 is 14.4 Å². The predicted octanol–water partition coefficient (Wildman–Crippen LogP) is -0.726. The van der Waals surface area contributed by atoms with E-state index < -0.39 is 5.91 Å². The van der Waals surface area contributed by atoms with Crippen LogP contribution >= 0.6 is 0 Å². The minimum atomic E-state index is -0.450. The molecule has 1 amide bonds. The van der Waals surface area contributed by atoms with Crippen LogP contribution in [-0.4, -0.2) is 67.0 Å². The number of amides is 1. The summed E-state index contributed by atoms with van der Waals surface area (Å²) in [7, 11) is 0. The van der Waals surface area contributed by atoms with Gasteiger partial charge in [-0.2, -0.15) is 0 Å². The van der Waals surface area contributed by atoms with Crippen molar-refractivity contribution in [1.29, 1.82) is 0 Å². The molecule has 0 saturated carbocycles. The van der Waals surface area contributed by atoms with E-state index in [1.54, 1.807) is 4.90 Å². The summed E-state index contributed by atoms with van der Waals surface area (Å²) in [6.07, 6.45) is 1.81. The maximum Gasteiger partial charge on any atom is 0.231 e. The first-order valence-electron chi connectivity index (χ1n) is 6.15. The minimum absolute atomic E-state index is 0.00585. The SMILES string of the molecule is CCCN(CC=O)CCN(CC(C)=O)CC(N)=O. The first-order valence-corrected chi connectivity index (χ1v) is 6.15. The zero-order chi connectivity index (χ0) is 14.0. The second-order valence-electron chi connectivity index (χ2n) is 4.35. The Hall–Kier alpha value is -1.27. The van der Waals surface area contributed by atoms with Gasteiger partial charge in [-0.25, -0.2) is 0 Å². The summed E-state index contributed by atoms with van der Waals surface area (Å²) in [5.74, 6) is -0.456. The molecule has 0 aromatic rings. The molecular weight excluding hydrogens is 234 g/mol. The lowest BCUT2D eigenvalue weighted by Crippen LogP contribution is -2.42. The average Bonchev–Trinajstić information content (AvgIpc) is 2.24. The lowest BCUT2D eigenvalue weighted by atomic mass is 10.3. The fraction of sp³-hybridized carbons (Fsp3) is 0.750. The Morgan fingerprint density at radius 1 is 1.11 bits per heavy atom. The monoisotopic (exact) mass is 257 g/mol. The van der Waals surface area contributed by atoms with Gasteiger partial charge in [-0.1, -0.05) is 6.92 Å². The van der Waals surface area contributed by atoms with E-state index in [1.807, 2.05) is 11.8 Å². The molecule has 0 rings (SSSR count). The Morgan fingerprint density at radius 3 is 2.17 bits per heavy atom. The molecule has 0 heterocycles. The third-order valence-corrected chi connectivity index (χ3v) is 2.43. The van der Waals surface area contributed by atoms with Crippen molar-refractivity contribution in [3.63, 3.8) is 0 Å². The molecule has 0 spiro atoms. The number of carbonyl (C=O) groups is 3. The van der Waals surface area contributed by atoms with Crippen molar-refractivity contribution >= 4 is 18.0 Å². The van der Waals surface area contributed by atoms with Crippen LogP contribution in [0.5, 0.6) is 0 Å². The summed E-state index contributed by atoms with van der Waals surface area (Å²) >= 11 is 0. The van der Waals surface area contributed by atoms with Gasteiger partial charge in [0, 0.05) is 13.1 Å². The second kappa shape index (κ2) is 9.73. The van der Waals surface area contributed by atoms with E-state index in [9.17, 15) is 14.4 Å². The summed E-state index contributed by atoms with van der Waals surface area (Å²) in [6, 6.07) is 0. The summed E-state index contributed by atoms with van der Waals surface area (Å²) in [4.78, 5) is 36.2. The molecule has 0 saturated heterocycles. The Balaban J connectivity index is 4.23. The van der Waals surface area contributed by atoms with E-state index in [-0.39, 0.29) is 18.9 Å². The highest BCUT2D eigenvalue weighted by Crippen LogP contribution is 1.94. The zero-order valence-corrected chi connectivity index (χ0v) is 11.2. The summed E-state index contributed by atoms with van der Waals surface area (Å²) < 4.78 is 0. The first-order chi connectivity index (χ1) is 8.49. The van der Waals surface area contributed by atoms with Gasteiger partial charge in [0.05, 0.1) is 19.6 Å². The van der Waals surface area contributed by atoms with Crippen molar-refractivity contribution in [2.75, 3.05) is 39.3 Å². The third kappa shape index (κ3) is 8.83. The molecular formula is C12H23N3O3. The van der Waals surface area contributed by atoms with E-state index in [1.165, 1.54) is 6.92 Å². The van der Waals surface area contributed by atoms with Crippen LogP contribution in [0, 0.1) is 0 Å². The van der Waals surface area contributed by atoms with E-state index in [0.29, 0.717) is 19.6 Å². The lowest BCUT2D eigenvalue weighted by Gasteiger charge is -2.24. The number of ketones is 1. The number of nitrogens with two attached hydrogens (primary N) is 1. The van der Waals surface area contributed by atoms with Crippen LogP contribution in [0.3, 0.4) is 0 Å². The normalized spacial score (nSPS) is 10.9. The number of nitrogens with zero attached hydrogens (tertiary/aromatic N) is 2. The highest BCUT2D eigenvalue weighted by atomic mass is 16.1. The molecule has 2 N–H and O–H groups in total. The fourth-order valence-electron chi connectivity index (χ4n) is 1.75. The molecule has 0 aliphatic heterocycles. The number of rotatable bonds is 11. The number of Topliss-reactive ketones (excluding diaryl/α,β-unsaturated/α-hetero) is 1. The molecule has 0 fully saturated rings. The molecule has 6 heteroatoms. The van der Waals surface area contributed by atoms with Gasteiger partial charge in [0.2, 0.25) is 5.91 Å². The van der Waals surface area contributed by atoms with Crippen molar-refractivity contribution in [1.82, 2.24) is 9.80 Å². The molecule has 0 aromatic heterocycles. The number of hydrogen-bond donors (Lipinski definition) is 1. The molecule has 0 aliphatic carbocycles. The summed E-state index contributed by atoms with van der Waals surface area (Å²) in [6.45, 7) is 6.19. The highest BCUT2D eigenvalue weighted by molar-refractivity contribution is 5.80. The van der Waals surface area contributed by atoms with Gasteiger partial charge in [-0.3, -0.25) is 19.4 Å². The third-order valence-electron chi connectivity index (χ3n) is 2.43. The predicted molar refractivity (Wildman–Crippen MR) is 69.1 cm³/mol. The van der Waals surface area contributed by atoms with Gasteiger partial charge >= 0.3 is 0 Å². The molecule has 0 aliphatic rings. The van der Waals surface area contributed by atoms with Crippen LogP contribution in [0.15, 0.2) is 0 Å². The maximum absolute atomic E-state index is 11.1. The van der Waals surface area contributed by atoms with Gasteiger partial charge in [0.1, 0.15) is 12.1 Å². The Labute approximate surface area is 108 Å². The van der Waals surface area contributed by atoms with E-state index >= 15 is 0 Å². The highest BCUT2D eigenvalue weighted by Gasteiger charge is 2.12. The van der Waals surface area contributed by atoms with Crippen molar-refractivity contribution in [3.8, 4) is 0 Å². The standard InChI is InChI=1S/C12H23N3O3/c1-3-4-14(7-8-16)5-6-15(9-11(2)17)10-12(13)18/h8H,3-7,9-10H2,1-2H3,(H2,13,18). The smallest absolute Gasteiger partial charge is 0.231 e. The van der Waals surface area contributed by atoms with Crippen LogP contribution in [-0.2, 0) is 14.4 Å². The topological polar surface area (TPSA) is 83.7 Å². The second-order valence-corrected chi connectivity index (χ2v) is 4.35. The number of carbonyl (C=O) groups excluding carboxylic acids is 3. The van der Waals surface area contributed by atoms with Crippen LogP contribution < -0.4 is 5.73 Å². The van der Waals surface area contributed by atoms with E-state index in [0.717, 1.165) is 19.3 Å². The fourth-order valence-corrected chi connectivity index (χ4v) is 1.75. The molecule has 0 aromatic carbocycles. The van der Waals surface area contributed by atoms with E-state index in [4.69, 9.17) is 5.73 Å². The molecule has 0 bridgehead atoms. The quantitative estimate of drug-likeness (QED) is 0.494. The molecule has 18 heavy (non-hydrogen) atoms. The Kier molecular flexibility index (Phi) is 9.04. The number of hydrogen-bond acceptors (Lipinski definition) is 5. The maximum atomic E-state index is 11.1. The first kappa shape index (κ1) is 16.7. The molecule has 104 valence electrons. The van der Waals surface area contributed by atoms with E-state index in [2.05, 4.69) is 0 Å². The molecule has 0 radical (unpaired) electrons. The van der Waals surface area contributed by atoms with Crippen LogP contribution in [0.2, 0.25) is 0 Å². The minimum Gasteiger partial charge on any atom is -0.369 e. The molecule has 6 nitrogen and oxygen atoms in total. The van der Waals surface area contributed by atoms with Crippen molar-refractivity contribution in [2.45, 2.75) is 20.3 Å². The van der Waals surface area contributed by atoms with Crippen LogP contribution in [0.1, 0.15) is 20.3 Å². The Morgan fingerprint density at radius 2 is 1.72 bits per heavy atom. The summed E-state index contributed by atoms with van der Waals surface area (Å²) in [5, 5.41) is 0. The van der Waals surface area contributed by atoms with Crippen molar-refractivity contribution in [2.24, 2.45) is 5.73 Å². The number of primary amides is 1. The van der Waals surface area contributed by atoms with Crippen LogP contribution in [0.25, 0.3) is 0 Å². The van der Waals surface area contributed by atoms with Gasteiger partial charge in [0.15, 0.2) is 0 Å². The summed E-state index contributed by atoms with van der Waals surface area (Å²) in [5.41, 5.74) is 5.13.